The molecule has 1 rings (SSSR count). The molecule has 0 radical (unpaired) electrons. The van der Waals surface area contributed by atoms with E-state index in [2.05, 4.69) is 15.3 Å². The van der Waals surface area contributed by atoms with Crippen molar-refractivity contribution >= 4 is 23.8 Å². The molecular formula is C14H20N4O9. The van der Waals surface area contributed by atoms with E-state index in [-0.39, 0.29) is 0 Å². The quantitative estimate of drug-likeness (QED) is 0.180. The van der Waals surface area contributed by atoms with Crippen LogP contribution in [0.1, 0.15) is 20.8 Å². The molecule has 5 atom stereocenters. The maximum Gasteiger partial charge on any atom is 0.303 e. The summed E-state index contributed by atoms with van der Waals surface area (Å²) in [6, 6.07) is -1.34. The summed E-state index contributed by atoms with van der Waals surface area (Å²) >= 11 is 0. The number of nitrogens with one attached hydrogen (secondary N) is 1. The molecular weight excluding hydrogens is 368 g/mol. The van der Waals surface area contributed by atoms with Crippen molar-refractivity contribution in [2.24, 2.45) is 5.11 Å². The molecule has 13 nitrogen and oxygen atoms in total. The van der Waals surface area contributed by atoms with Crippen molar-refractivity contribution in [3.8, 4) is 0 Å². The van der Waals surface area contributed by atoms with Gasteiger partial charge in [-0.05, 0) is 5.53 Å². The molecule has 150 valence electrons. The van der Waals surface area contributed by atoms with Crippen LogP contribution >= 0.6 is 0 Å². The van der Waals surface area contributed by atoms with Gasteiger partial charge >= 0.3 is 17.9 Å². The van der Waals surface area contributed by atoms with Crippen LogP contribution in [0, 0.1) is 0 Å². The highest BCUT2D eigenvalue weighted by atomic mass is 16.7. The normalized spacial score (nSPS) is 26.9. The smallest absolute Gasteiger partial charge is 0.303 e. The van der Waals surface area contributed by atoms with Gasteiger partial charge in [-0.15, -0.1) is 0 Å². The van der Waals surface area contributed by atoms with Gasteiger partial charge in [0, 0.05) is 25.7 Å². The monoisotopic (exact) mass is 388 g/mol. The number of nitrogens with zero attached hydrogens (tertiary/aromatic N) is 3. The first-order valence-electron chi connectivity index (χ1n) is 7.77. The Balaban J connectivity index is 3.12. The van der Waals surface area contributed by atoms with Gasteiger partial charge in [-0.25, -0.2) is 0 Å². The molecule has 1 aliphatic heterocycles. The first-order valence-corrected chi connectivity index (χ1v) is 7.77. The van der Waals surface area contributed by atoms with E-state index in [0.717, 1.165) is 20.8 Å². The largest absolute Gasteiger partial charge is 0.463 e. The van der Waals surface area contributed by atoms with Gasteiger partial charge < -0.3 is 29.4 Å². The fraction of sp³-hybridized carbons (Fsp3) is 0.714. The van der Waals surface area contributed by atoms with E-state index in [1.807, 2.05) is 0 Å². The van der Waals surface area contributed by atoms with Crippen molar-refractivity contribution in [3.63, 3.8) is 0 Å². The molecule has 0 unspecified atom stereocenters. The minimum absolute atomic E-state index is 0.401. The molecule has 0 aromatic carbocycles. The summed E-state index contributed by atoms with van der Waals surface area (Å²) in [5.74, 6) is -2.99. The second-order valence-corrected chi connectivity index (χ2v) is 5.50. The lowest BCUT2D eigenvalue weighted by Gasteiger charge is -2.43. The van der Waals surface area contributed by atoms with Crippen molar-refractivity contribution in [1.29, 1.82) is 0 Å². The van der Waals surface area contributed by atoms with Crippen molar-refractivity contribution in [3.05, 3.63) is 10.4 Å². The maximum absolute atomic E-state index is 11.8. The zero-order valence-corrected chi connectivity index (χ0v) is 14.9. The summed E-state index contributed by atoms with van der Waals surface area (Å²) < 4.78 is 20.3. The fourth-order valence-electron chi connectivity index (χ4n) is 2.40. The summed E-state index contributed by atoms with van der Waals surface area (Å²) in [6.07, 6.45) is -5.51. The van der Waals surface area contributed by atoms with Crippen LogP contribution < -0.4 is 5.32 Å². The second kappa shape index (κ2) is 10.3. The van der Waals surface area contributed by atoms with Gasteiger partial charge in [0.05, 0.1) is 0 Å². The van der Waals surface area contributed by atoms with Crippen LogP contribution in [-0.4, -0.2) is 72.7 Å². The first-order chi connectivity index (χ1) is 12.6. The number of aliphatic hydroxyl groups is 1. The van der Waals surface area contributed by atoms with E-state index >= 15 is 0 Å². The van der Waals surface area contributed by atoms with Gasteiger partial charge in [0.25, 0.3) is 0 Å². The molecule has 0 aliphatic carbocycles. The maximum atomic E-state index is 11.8. The molecule has 1 saturated heterocycles. The van der Waals surface area contributed by atoms with Crippen molar-refractivity contribution in [2.75, 3.05) is 13.2 Å². The third-order valence-electron chi connectivity index (χ3n) is 3.33. The van der Waals surface area contributed by atoms with E-state index < -0.39 is 67.6 Å². The van der Waals surface area contributed by atoms with Crippen LogP contribution in [0.4, 0.5) is 0 Å². The van der Waals surface area contributed by atoms with Crippen LogP contribution in [0.25, 0.3) is 10.4 Å². The number of ether oxygens (including phenoxy) is 4. The highest BCUT2D eigenvalue weighted by Crippen LogP contribution is 2.26. The van der Waals surface area contributed by atoms with Gasteiger partial charge in [-0.3, -0.25) is 19.2 Å². The third kappa shape index (κ3) is 7.09. The summed E-state index contributed by atoms with van der Waals surface area (Å²) in [4.78, 5) is 48.2. The lowest BCUT2D eigenvalue weighted by molar-refractivity contribution is -0.264. The van der Waals surface area contributed by atoms with Gasteiger partial charge in [0.15, 0.2) is 18.5 Å². The van der Waals surface area contributed by atoms with E-state index in [1.54, 1.807) is 0 Å². The Morgan fingerprint density at radius 1 is 1.11 bits per heavy atom. The molecule has 0 aromatic rings. The van der Waals surface area contributed by atoms with Gasteiger partial charge in [-0.2, -0.15) is 0 Å². The number of hydrogen-bond acceptors (Lipinski definition) is 10. The molecule has 27 heavy (non-hydrogen) atoms. The number of azide groups is 1. The van der Waals surface area contributed by atoms with E-state index in [1.165, 1.54) is 0 Å². The molecule has 1 fully saturated rings. The lowest BCUT2D eigenvalue weighted by atomic mass is 9.96. The molecule has 1 amide bonds. The summed E-state index contributed by atoms with van der Waals surface area (Å²) in [7, 11) is 0. The third-order valence-corrected chi connectivity index (χ3v) is 3.33. The van der Waals surface area contributed by atoms with Crippen molar-refractivity contribution < 1.29 is 43.2 Å². The second-order valence-electron chi connectivity index (χ2n) is 5.50. The van der Waals surface area contributed by atoms with E-state index in [0.29, 0.717) is 0 Å². The topological polar surface area (TPSA) is 186 Å². The minimum Gasteiger partial charge on any atom is -0.463 e. The number of carbonyl (C=O) groups is 4. The van der Waals surface area contributed by atoms with Crippen LogP contribution in [-0.2, 0) is 38.1 Å². The molecule has 0 spiro atoms. The Morgan fingerprint density at radius 2 is 1.70 bits per heavy atom. The molecule has 2 N–H and O–H groups in total. The number of rotatable bonds is 7. The average Bonchev–Trinajstić information content (AvgIpc) is 2.56. The van der Waals surface area contributed by atoms with Gasteiger partial charge in [0.2, 0.25) is 5.91 Å². The van der Waals surface area contributed by atoms with E-state index in [4.69, 9.17) is 24.5 Å². The zero-order valence-electron chi connectivity index (χ0n) is 14.9. The lowest BCUT2D eigenvalue weighted by Crippen LogP contribution is -2.66. The number of esters is 3. The minimum atomic E-state index is -1.70. The van der Waals surface area contributed by atoms with E-state index in [9.17, 15) is 24.3 Å². The van der Waals surface area contributed by atoms with Crippen molar-refractivity contribution in [2.45, 2.75) is 51.4 Å². The Labute approximate surface area is 153 Å². The Kier molecular flexibility index (Phi) is 8.45. The molecule has 0 bridgehead atoms. The fourth-order valence-corrected chi connectivity index (χ4v) is 2.40. The summed E-state index contributed by atoms with van der Waals surface area (Å²) in [5.41, 5.74) is 8.26. The Morgan fingerprint density at radius 3 is 2.22 bits per heavy atom. The predicted octanol–water partition coefficient (Wildman–Crippen LogP) is -1.07. The molecule has 1 heterocycles. The van der Waals surface area contributed by atoms with Crippen LogP contribution in [0.15, 0.2) is 5.11 Å². The summed E-state index contributed by atoms with van der Waals surface area (Å²) in [5, 5.41) is 15.6. The van der Waals surface area contributed by atoms with Gasteiger partial charge in [-0.1, -0.05) is 5.11 Å². The molecule has 0 saturated carbocycles. The zero-order chi connectivity index (χ0) is 20.6. The number of aliphatic hydroxyl groups excluding tert-OH is 1. The number of amides is 1. The highest BCUT2D eigenvalue weighted by Gasteiger charge is 2.50. The molecule has 13 heteroatoms. The Bertz CT molecular complexity index is 634. The van der Waals surface area contributed by atoms with Crippen LogP contribution in [0.2, 0.25) is 0 Å². The van der Waals surface area contributed by atoms with Crippen LogP contribution in [0.3, 0.4) is 0 Å². The molecule has 1 aliphatic rings. The number of hydrogen-bond donors (Lipinski definition) is 2. The summed E-state index contributed by atoms with van der Waals surface area (Å²) in [6.45, 7) is 2.33. The average molecular weight is 388 g/mol. The highest BCUT2D eigenvalue weighted by molar-refractivity contribution is 5.78. The first kappa shape index (κ1) is 22.2. The van der Waals surface area contributed by atoms with Crippen molar-refractivity contribution in [1.82, 2.24) is 5.32 Å². The standard InChI is InChI=1S/C14H20N4O9/c1-6(19)24-5-9-12(25-7(2)20)13(26-8(3)21)11(14(23)27-9)17-10(22)4-16-18-15/h9,11-14,23H,4-5H2,1-3H3,(H,17,22)/t9-,11+,12-,13-,14-/m1/s1. The van der Waals surface area contributed by atoms with Crippen LogP contribution in [0.5, 0.6) is 0 Å². The number of carbonyl (C=O) groups excluding carboxylic acids is 4. The SMILES string of the molecule is CC(=O)OC[C@H]1O[C@@H](O)[C@@H](NC(=O)CN=[N+]=[N-])[C@@H](OC(C)=O)[C@@H]1OC(C)=O. The Hall–Kier alpha value is -2.89. The van der Waals surface area contributed by atoms with Gasteiger partial charge in [0.1, 0.15) is 25.3 Å². The predicted molar refractivity (Wildman–Crippen MR) is 84.6 cm³/mol. The molecule has 0 aromatic heterocycles.